The van der Waals surface area contributed by atoms with E-state index >= 15 is 0 Å². The Morgan fingerprint density at radius 3 is 2.90 bits per heavy atom. The summed E-state index contributed by atoms with van der Waals surface area (Å²) in [6.07, 6.45) is -0.144. The summed E-state index contributed by atoms with van der Waals surface area (Å²) < 4.78 is 36.7. The van der Waals surface area contributed by atoms with E-state index in [1.165, 1.54) is 30.9 Å². The third-order valence-corrected chi connectivity index (χ3v) is 6.72. The van der Waals surface area contributed by atoms with Crippen LogP contribution >= 0.6 is 7.75 Å². The molecule has 13 nitrogen and oxygen atoms in total. The van der Waals surface area contributed by atoms with Crippen molar-refractivity contribution in [2.24, 2.45) is 0 Å². The van der Waals surface area contributed by atoms with Crippen LogP contribution in [0.15, 0.2) is 12.5 Å². The Hall–Kier alpha value is -2.15. The maximum absolute atomic E-state index is 13.1. The Balaban J connectivity index is 1.55. The summed E-state index contributed by atoms with van der Waals surface area (Å²) in [4.78, 5) is 24.3. The van der Waals surface area contributed by atoms with Crippen molar-refractivity contribution >= 4 is 30.8 Å². The molecule has 14 heteroatoms. The Morgan fingerprint density at radius 2 is 2.19 bits per heavy atom. The molecular weight excluding hydrogens is 431 g/mol. The van der Waals surface area contributed by atoms with Crippen molar-refractivity contribution in [3.05, 3.63) is 12.5 Å². The van der Waals surface area contributed by atoms with E-state index in [2.05, 4.69) is 20.0 Å². The van der Waals surface area contributed by atoms with Crippen LogP contribution in [-0.4, -0.2) is 67.2 Å². The first-order chi connectivity index (χ1) is 14.5. The first kappa shape index (κ1) is 22.1. The van der Waals surface area contributed by atoms with Crippen molar-refractivity contribution in [3.63, 3.8) is 0 Å². The van der Waals surface area contributed by atoms with Crippen LogP contribution in [0.2, 0.25) is 0 Å². The maximum atomic E-state index is 13.1. The molecule has 0 aliphatic carbocycles. The van der Waals surface area contributed by atoms with E-state index in [-0.39, 0.29) is 18.7 Å². The highest BCUT2D eigenvalue weighted by atomic mass is 31.2. The second kappa shape index (κ2) is 7.76. The molecule has 0 amide bonds. The van der Waals surface area contributed by atoms with Gasteiger partial charge in [0, 0.05) is 0 Å². The minimum atomic E-state index is -3.94. The monoisotopic (exact) mass is 456 g/mol. The van der Waals surface area contributed by atoms with Gasteiger partial charge in [-0.2, -0.15) is 4.98 Å². The average molecular weight is 456 g/mol. The minimum absolute atomic E-state index is 0.0415. The lowest BCUT2D eigenvalue weighted by molar-refractivity contribution is -0.149. The van der Waals surface area contributed by atoms with Crippen molar-refractivity contribution in [2.75, 3.05) is 12.3 Å². The van der Waals surface area contributed by atoms with Gasteiger partial charge in [-0.25, -0.2) is 19.6 Å². The van der Waals surface area contributed by atoms with Gasteiger partial charge in [0.2, 0.25) is 5.95 Å². The second-order valence-corrected chi connectivity index (χ2v) is 9.72. The van der Waals surface area contributed by atoms with Gasteiger partial charge in [0.1, 0.15) is 29.4 Å². The van der Waals surface area contributed by atoms with Gasteiger partial charge in [0.05, 0.1) is 25.2 Å². The van der Waals surface area contributed by atoms with E-state index < -0.39 is 43.8 Å². The molecule has 0 aromatic carbocycles. The fraction of sp³-hybridized carbons (Fsp3) is 0.647. The largest absolute Gasteiger partial charge is 0.462 e. The molecule has 0 saturated carbocycles. The molecule has 0 radical (unpaired) electrons. The number of esters is 1. The number of hydrogen-bond acceptors (Lipinski definition) is 11. The van der Waals surface area contributed by atoms with Crippen LogP contribution in [0.25, 0.3) is 11.2 Å². The van der Waals surface area contributed by atoms with Gasteiger partial charge in [0.25, 0.3) is 0 Å². The predicted octanol–water partition coefficient (Wildman–Crippen LogP) is 0.510. The lowest BCUT2D eigenvalue weighted by atomic mass is 9.96. The van der Waals surface area contributed by atoms with Crippen molar-refractivity contribution in [1.29, 1.82) is 0 Å². The van der Waals surface area contributed by atoms with E-state index in [4.69, 9.17) is 24.3 Å². The number of fused-ring (bicyclic) bond motifs is 2. The molecule has 0 bridgehead atoms. The summed E-state index contributed by atoms with van der Waals surface area (Å²) in [6.45, 7) is 6.26. The third kappa shape index (κ3) is 4.04. The van der Waals surface area contributed by atoms with Gasteiger partial charge in [-0.3, -0.25) is 18.4 Å². The number of nitrogen functional groups attached to an aromatic ring is 1. The van der Waals surface area contributed by atoms with E-state index in [1.54, 1.807) is 13.8 Å². The van der Waals surface area contributed by atoms with E-state index in [1.807, 2.05) is 0 Å². The highest BCUT2D eigenvalue weighted by Crippen LogP contribution is 2.56. The summed E-state index contributed by atoms with van der Waals surface area (Å²) in [7, 11) is -3.94. The van der Waals surface area contributed by atoms with Gasteiger partial charge in [-0.05, 0) is 27.7 Å². The molecule has 2 aromatic rings. The number of rotatable bonds is 5. The van der Waals surface area contributed by atoms with E-state index in [0.29, 0.717) is 11.2 Å². The molecule has 6 atom stereocenters. The highest BCUT2D eigenvalue weighted by Gasteiger charge is 2.60. The van der Waals surface area contributed by atoms with Crippen LogP contribution in [0, 0.1) is 0 Å². The zero-order valence-corrected chi connectivity index (χ0v) is 18.4. The number of aliphatic hydroxyl groups is 1. The fourth-order valence-electron chi connectivity index (χ4n) is 3.59. The maximum Gasteiger partial charge on any atom is 0.406 e. The van der Waals surface area contributed by atoms with Crippen LogP contribution in [0.3, 0.4) is 0 Å². The molecule has 31 heavy (non-hydrogen) atoms. The summed E-state index contributed by atoms with van der Waals surface area (Å²) in [5.41, 5.74) is 4.87. The number of ether oxygens (including phenoxy) is 2. The van der Waals surface area contributed by atoms with Gasteiger partial charge in [0.15, 0.2) is 11.9 Å². The van der Waals surface area contributed by atoms with Gasteiger partial charge < -0.3 is 20.3 Å². The standard InChI is InChI=1S/C17H25N6O7P/c1-8(2)28-14(24)9(3)22-31(26)27-6-11-12(30-31)17(4,25)15(29-11)23-7-20-10-5-19-16(18)21-13(10)23/h5,7-9,11-12,15,25H,6H2,1-4H3,(H,22,26)(H2,18,19,21)/t9-,11+,12+,15+,17+,31+/m0/s1. The molecule has 2 aromatic heterocycles. The zero-order chi connectivity index (χ0) is 22.6. The summed E-state index contributed by atoms with van der Waals surface area (Å²) in [5.74, 6) is -0.561. The molecule has 2 aliphatic rings. The van der Waals surface area contributed by atoms with E-state index in [0.717, 1.165) is 0 Å². The summed E-state index contributed by atoms with van der Waals surface area (Å²) in [5, 5.41) is 13.8. The molecule has 0 unspecified atom stereocenters. The summed E-state index contributed by atoms with van der Waals surface area (Å²) in [6, 6.07) is -0.954. The normalized spacial score (nSPS) is 34.1. The number of hydrogen-bond donors (Lipinski definition) is 3. The first-order valence-corrected chi connectivity index (χ1v) is 11.3. The van der Waals surface area contributed by atoms with Gasteiger partial charge in [-0.1, -0.05) is 0 Å². The topological polar surface area (TPSA) is 173 Å². The Kier molecular flexibility index (Phi) is 5.53. The van der Waals surface area contributed by atoms with Crippen molar-refractivity contribution in [2.45, 2.75) is 63.9 Å². The Morgan fingerprint density at radius 1 is 1.45 bits per heavy atom. The zero-order valence-electron chi connectivity index (χ0n) is 17.5. The smallest absolute Gasteiger partial charge is 0.406 e. The molecule has 4 rings (SSSR count). The van der Waals surface area contributed by atoms with Gasteiger partial charge in [-0.15, -0.1) is 0 Å². The van der Waals surface area contributed by atoms with Gasteiger partial charge >= 0.3 is 13.7 Å². The number of nitrogens with two attached hydrogens (primary N) is 1. The van der Waals surface area contributed by atoms with Crippen LogP contribution in [0.5, 0.6) is 0 Å². The number of aromatic nitrogens is 4. The summed E-state index contributed by atoms with van der Waals surface area (Å²) >= 11 is 0. The van der Waals surface area contributed by atoms with Crippen molar-refractivity contribution in [3.8, 4) is 0 Å². The number of nitrogens with zero attached hydrogens (tertiary/aromatic N) is 4. The Labute approximate surface area is 177 Å². The second-order valence-electron chi connectivity index (χ2n) is 8.00. The predicted molar refractivity (Wildman–Crippen MR) is 107 cm³/mol. The van der Waals surface area contributed by atoms with Crippen LogP contribution in [0.4, 0.5) is 5.95 Å². The van der Waals surface area contributed by atoms with Crippen molar-refractivity contribution < 1.29 is 33.0 Å². The Bertz CT molecular complexity index is 1040. The average Bonchev–Trinajstić information content (AvgIpc) is 3.19. The number of imidazole rings is 1. The van der Waals surface area contributed by atoms with E-state index in [9.17, 15) is 14.5 Å². The molecule has 2 aliphatic heterocycles. The number of nitrogens with one attached hydrogen (secondary N) is 1. The van der Waals surface area contributed by atoms with Crippen LogP contribution in [0.1, 0.15) is 33.9 Å². The highest BCUT2D eigenvalue weighted by molar-refractivity contribution is 7.51. The SMILES string of the molecule is CC(C)OC(=O)[C@H](C)N[P@@]1(=O)OC[C@H]2O[C@@H](n3cnc4cnc(N)nc43)[C@](C)(O)[C@@H]2O1. The number of carbonyl (C=O) groups is 1. The minimum Gasteiger partial charge on any atom is -0.462 e. The molecule has 170 valence electrons. The molecule has 4 N–H and O–H groups in total. The number of carbonyl (C=O) groups excluding carboxylic acids is 1. The molecule has 2 saturated heterocycles. The third-order valence-electron chi connectivity index (χ3n) is 5.02. The molecule has 2 fully saturated rings. The lowest BCUT2D eigenvalue weighted by Gasteiger charge is -2.36. The quantitative estimate of drug-likeness (QED) is 0.421. The molecule has 0 spiro atoms. The fourth-order valence-corrected chi connectivity index (χ4v) is 5.36. The lowest BCUT2D eigenvalue weighted by Crippen LogP contribution is -2.49. The first-order valence-electron chi connectivity index (χ1n) is 9.74. The van der Waals surface area contributed by atoms with Crippen LogP contribution in [-0.2, 0) is 27.9 Å². The molecule has 4 heterocycles. The van der Waals surface area contributed by atoms with Crippen molar-refractivity contribution in [1.82, 2.24) is 24.6 Å². The number of anilines is 1. The molecular formula is C17H25N6O7P. The van der Waals surface area contributed by atoms with Crippen LogP contribution < -0.4 is 10.8 Å².